The number of fused-ring (bicyclic) bond motifs is 3. The maximum atomic E-state index is 13.4. The second kappa shape index (κ2) is 11.2. The molecule has 0 saturated carbocycles. The molecule has 4 aromatic rings. The second-order valence-electron chi connectivity index (χ2n) is 11.6. The summed E-state index contributed by atoms with van der Waals surface area (Å²) < 4.78 is 6.32. The minimum absolute atomic E-state index is 0.0540. The minimum Gasteiger partial charge on any atom is -0.490 e. The fourth-order valence-corrected chi connectivity index (χ4v) is 6.37. The number of ether oxygens (including phenoxy) is 1. The van der Waals surface area contributed by atoms with Crippen LogP contribution in [-0.2, 0) is 4.79 Å². The van der Waals surface area contributed by atoms with E-state index in [9.17, 15) is 9.59 Å². The summed E-state index contributed by atoms with van der Waals surface area (Å²) in [6, 6.07) is 24.4. The van der Waals surface area contributed by atoms with Gasteiger partial charge in [0, 0.05) is 41.4 Å². The predicted molar refractivity (Wildman–Crippen MR) is 156 cm³/mol. The number of hydrogen-bond donors (Lipinski definition) is 2. The number of hydrogen-bond acceptors (Lipinski definition) is 4. The van der Waals surface area contributed by atoms with E-state index in [-0.39, 0.29) is 18.1 Å². The van der Waals surface area contributed by atoms with Gasteiger partial charge in [-0.3, -0.25) is 14.7 Å². The standard InChI is InChI=1S/C33H36N4O3/c1-21(2)16-31(22-6-4-3-5-7-22)34-33(39)24-10-15-30-29(17-24)32(36-35-30)23-8-13-27(14-9-23)40-28-18-25-11-12-26(19-28)37(25)20-38/h3-10,13-15,17,20-21,25-26,28,31H,11-12,16,18-19H2,1-2H3,(H,34,39)(H,35,36)/t25-,26+,28+,31?. The van der Waals surface area contributed by atoms with Gasteiger partial charge in [0.25, 0.3) is 5.91 Å². The number of aromatic amines is 1. The molecule has 2 bridgehead atoms. The van der Waals surface area contributed by atoms with Gasteiger partial charge in [0.15, 0.2) is 0 Å². The highest BCUT2D eigenvalue weighted by Gasteiger charge is 2.40. The lowest BCUT2D eigenvalue weighted by Gasteiger charge is -2.36. The molecule has 2 aliphatic heterocycles. The van der Waals surface area contributed by atoms with E-state index < -0.39 is 0 Å². The van der Waals surface area contributed by atoms with Crippen LogP contribution in [0, 0.1) is 5.92 Å². The Morgan fingerprint density at radius 2 is 1.77 bits per heavy atom. The van der Waals surface area contributed by atoms with Crippen LogP contribution < -0.4 is 10.1 Å². The topological polar surface area (TPSA) is 87.3 Å². The summed E-state index contributed by atoms with van der Waals surface area (Å²) in [4.78, 5) is 26.7. The Hall–Kier alpha value is -4.13. The molecule has 0 aliphatic carbocycles. The van der Waals surface area contributed by atoms with Crippen LogP contribution in [0.1, 0.15) is 67.9 Å². The van der Waals surface area contributed by atoms with Gasteiger partial charge in [-0.2, -0.15) is 5.10 Å². The SMILES string of the molecule is CC(C)CC(NC(=O)c1ccc2[nH]nc(-c3ccc(O[C@H]4C[C@H]5CC[C@@H](C4)N5C=O)cc3)c2c1)c1ccccc1. The van der Waals surface area contributed by atoms with E-state index in [4.69, 9.17) is 4.74 Å². The van der Waals surface area contributed by atoms with E-state index in [1.807, 2.05) is 65.6 Å². The average molecular weight is 537 g/mol. The maximum Gasteiger partial charge on any atom is 0.251 e. The average Bonchev–Trinajstić information content (AvgIpc) is 3.50. The lowest BCUT2D eigenvalue weighted by Crippen LogP contribution is -2.45. The Balaban J connectivity index is 1.18. The Bertz CT molecular complexity index is 1470. The molecule has 3 heterocycles. The molecule has 1 aromatic heterocycles. The van der Waals surface area contributed by atoms with Crippen LogP contribution in [0.15, 0.2) is 72.8 Å². The van der Waals surface area contributed by atoms with E-state index in [2.05, 4.69) is 41.5 Å². The molecule has 2 amide bonds. The molecule has 4 atom stereocenters. The molecule has 0 radical (unpaired) electrons. The molecule has 2 N–H and O–H groups in total. The lowest BCUT2D eigenvalue weighted by molar-refractivity contribution is -0.123. The first-order valence-corrected chi connectivity index (χ1v) is 14.3. The van der Waals surface area contributed by atoms with Gasteiger partial charge in [0.2, 0.25) is 6.41 Å². The van der Waals surface area contributed by atoms with Crippen LogP contribution in [0.25, 0.3) is 22.2 Å². The number of piperidine rings is 1. The van der Waals surface area contributed by atoms with Gasteiger partial charge in [0.1, 0.15) is 11.9 Å². The van der Waals surface area contributed by atoms with E-state index in [0.29, 0.717) is 23.6 Å². The van der Waals surface area contributed by atoms with Gasteiger partial charge < -0.3 is 15.0 Å². The normalized spacial score (nSPS) is 21.0. The number of rotatable bonds is 9. The first kappa shape index (κ1) is 26.1. The highest BCUT2D eigenvalue weighted by atomic mass is 16.5. The van der Waals surface area contributed by atoms with Gasteiger partial charge in [-0.15, -0.1) is 0 Å². The fourth-order valence-electron chi connectivity index (χ4n) is 6.37. The fraction of sp³-hybridized carbons (Fsp3) is 0.364. The first-order chi connectivity index (χ1) is 19.5. The number of benzene rings is 3. The van der Waals surface area contributed by atoms with Crippen LogP contribution in [0.5, 0.6) is 5.75 Å². The van der Waals surface area contributed by atoms with Crippen molar-refractivity contribution in [3.63, 3.8) is 0 Å². The summed E-state index contributed by atoms with van der Waals surface area (Å²) in [7, 11) is 0. The smallest absolute Gasteiger partial charge is 0.251 e. The van der Waals surface area contributed by atoms with Gasteiger partial charge in [-0.25, -0.2) is 0 Å². The quantitative estimate of drug-likeness (QED) is 0.247. The molecule has 40 heavy (non-hydrogen) atoms. The van der Waals surface area contributed by atoms with E-state index in [0.717, 1.165) is 72.0 Å². The Morgan fingerprint density at radius 1 is 1.05 bits per heavy atom. The number of carbonyl (C=O) groups excluding carboxylic acids is 2. The van der Waals surface area contributed by atoms with Crippen molar-refractivity contribution in [2.45, 2.75) is 70.2 Å². The third-order valence-corrected chi connectivity index (χ3v) is 8.34. The summed E-state index contributed by atoms with van der Waals surface area (Å²) in [6.45, 7) is 4.34. The summed E-state index contributed by atoms with van der Waals surface area (Å²) in [6.07, 6.45) is 5.90. The van der Waals surface area contributed by atoms with Crippen molar-refractivity contribution in [3.05, 3.63) is 83.9 Å². The third-order valence-electron chi connectivity index (χ3n) is 8.34. The highest BCUT2D eigenvalue weighted by Crippen LogP contribution is 2.37. The van der Waals surface area contributed by atoms with Gasteiger partial charge in [-0.1, -0.05) is 44.2 Å². The van der Waals surface area contributed by atoms with Crippen molar-refractivity contribution in [1.82, 2.24) is 20.4 Å². The largest absolute Gasteiger partial charge is 0.490 e. The number of nitrogens with zero attached hydrogens (tertiary/aromatic N) is 2. The van der Waals surface area contributed by atoms with Crippen LogP contribution >= 0.6 is 0 Å². The number of H-pyrrole nitrogens is 1. The van der Waals surface area contributed by atoms with Crippen LogP contribution in [0.2, 0.25) is 0 Å². The summed E-state index contributed by atoms with van der Waals surface area (Å²) in [5.41, 5.74) is 4.35. The number of carbonyl (C=O) groups is 2. The minimum atomic E-state index is -0.0955. The number of aromatic nitrogens is 2. The first-order valence-electron chi connectivity index (χ1n) is 14.3. The molecule has 7 nitrogen and oxygen atoms in total. The molecule has 3 aromatic carbocycles. The maximum absolute atomic E-state index is 13.4. The van der Waals surface area contributed by atoms with Crippen molar-refractivity contribution in [3.8, 4) is 17.0 Å². The van der Waals surface area contributed by atoms with Crippen molar-refractivity contribution < 1.29 is 14.3 Å². The molecular formula is C33H36N4O3. The van der Waals surface area contributed by atoms with E-state index in [1.165, 1.54) is 0 Å². The van der Waals surface area contributed by atoms with Gasteiger partial charge in [0.05, 0.1) is 17.3 Å². The summed E-state index contributed by atoms with van der Waals surface area (Å²) in [5, 5.41) is 11.8. The van der Waals surface area contributed by atoms with Gasteiger partial charge in [-0.05, 0) is 73.2 Å². The summed E-state index contributed by atoms with van der Waals surface area (Å²) >= 11 is 0. The molecule has 0 spiro atoms. The monoisotopic (exact) mass is 536 g/mol. The molecule has 2 fully saturated rings. The van der Waals surface area contributed by atoms with E-state index >= 15 is 0 Å². The van der Waals surface area contributed by atoms with Crippen molar-refractivity contribution in [2.75, 3.05) is 0 Å². The molecule has 1 unspecified atom stereocenters. The highest BCUT2D eigenvalue weighted by molar-refractivity contribution is 6.01. The van der Waals surface area contributed by atoms with Crippen LogP contribution in [0.4, 0.5) is 0 Å². The molecule has 2 aliphatic rings. The molecule has 2 saturated heterocycles. The number of amides is 2. The zero-order valence-corrected chi connectivity index (χ0v) is 23.0. The van der Waals surface area contributed by atoms with Gasteiger partial charge >= 0.3 is 0 Å². The summed E-state index contributed by atoms with van der Waals surface area (Å²) in [5.74, 6) is 1.17. The van der Waals surface area contributed by atoms with E-state index in [1.54, 1.807) is 0 Å². The second-order valence-corrected chi connectivity index (χ2v) is 11.6. The molecule has 7 heteroatoms. The predicted octanol–water partition coefficient (Wildman–Crippen LogP) is 6.28. The van der Waals surface area contributed by atoms with Crippen molar-refractivity contribution in [1.29, 1.82) is 0 Å². The number of nitrogens with one attached hydrogen (secondary N) is 2. The molecule has 6 rings (SSSR count). The lowest BCUT2D eigenvalue weighted by atomic mass is 9.96. The zero-order chi connectivity index (χ0) is 27.6. The Kier molecular flexibility index (Phi) is 7.29. The third kappa shape index (κ3) is 5.33. The molecule has 206 valence electrons. The van der Waals surface area contributed by atoms with Crippen LogP contribution in [-0.4, -0.2) is 45.6 Å². The van der Waals surface area contributed by atoms with Crippen molar-refractivity contribution >= 4 is 23.2 Å². The van der Waals surface area contributed by atoms with Crippen molar-refractivity contribution in [2.24, 2.45) is 5.92 Å². The van der Waals surface area contributed by atoms with Crippen LogP contribution in [0.3, 0.4) is 0 Å². The zero-order valence-electron chi connectivity index (χ0n) is 23.0. The Morgan fingerprint density at radius 3 is 2.45 bits per heavy atom. The molecular weight excluding hydrogens is 500 g/mol. The Labute approximate surface area is 234 Å².